The number of fused-ring (bicyclic) bond motifs is 1. The van der Waals surface area contributed by atoms with Crippen molar-refractivity contribution in [2.75, 3.05) is 13.1 Å². The summed E-state index contributed by atoms with van der Waals surface area (Å²) >= 11 is 0. The van der Waals surface area contributed by atoms with Gasteiger partial charge in [-0.3, -0.25) is 24.1 Å². The molecular formula is C17H18N4O4. The molecule has 2 atom stereocenters. The van der Waals surface area contributed by atoms with Crippen molar-refractivity contribution in [2.45, 2.75) is 18.9 Å². The van der Waals surface area contributed by atoms with Gasteiger partial charge in [0.1, 0.15) is 5.69 Å². The average Bonchev–Trinajstić information content (AvgIpc) is 2.81. The smallest absolute Gasteiger partial charge is 0.274 e. The van der Waals surface area contributed by atoms with Gasteiger partial charge >= 0.3 is 0 Å². The summed E-state index contributed by atoms with van der Waals surface area (Å²) in [6, 6.07) is 2.43. The van der Waals surface area contributed by atoms with Crippen LogP contribution in [0.2, 0.25) is 0 Å². The molecule has 130 valence electrons. The SMILES string of the molecule is Cn1nc(C(=O)N2CC(N3C(=O)[C@H]4CC=CC[C@H]4C3=O)C2)ccc1=O. The number of aryl methyl sites for hydroxylation is 1. The molecule has 1 aromatic rings. The van der Waals surface area contributed by atoms with E-state index in [9.17, 15) is 19.2 Å². The molecule has 3 heterocycles. The van der Waals surface area contributed by atoms with Crippen LogP contribution in [0.4, 0.5) is 0 Å². The molecule has 0 bridgehead atoms. The van der Waals surface area contributed by atoms with Crippen molar-refractivity contribution in [1.29, 1.82) is 0 Å². The maximum absolute atomic E-state index is 12.5. The molecule has 25 heavy (non-hydrogen) atoms. The Morgan fingerprint density at radius 1 is 1.04 bits per heavy atom. The van der Waals surface area contributed by atoms with Crippen LogP contribution >= 0.6 is 0 Å². The van der Waals surface area contributed by atoms with Crippen LogP contribution in [0.15, 0.2) is 29.1 Å². The molecule has 4 rings (SSSR count). The molecule has 0 radical (unpaired) electrons. The molecule has 0 unspecified atom stereocenters. The lowest BCUT2D eigenvalue weighted by Gasteiger charge is -2.42. The van der Waals surface area contributed by atoms with Crippen molar-refractivity contribution in [3.05, 3.63) is 40.3 Å². The Balaban J connectivity index is 1.44. The van der Waals surface area contributed by atoms with Crippen molar-refractivity contribution in [3.8, 4) is 0 Å². The number of rotatable bonds is 2. The molecule has 8 heteroatoms. The van der Waals surface area contributed by atoms with E-state index in [2.05, 4.69) is 5.10 Å². The number of hydrogen-bond donors (Lipinski definition) is 0. The normalized spacial score (nSPS) is 26.0. The number of imide groups is 1. The highest BCUT2D eigenvalue weighted by molar-refractivity contribution is 6.06. The second-order valence-corrected chi connectivity index (χ2v) is 6.75. The lowest BCUT2D eigenvalue weighted by molar-refractivity contribution is -0.145. The monoisotopic (exact) mass is 342 g/mol. The van der Waals surface area contributed by atoms with Gasteiger partial charge in [0.15, 0.2) is 0 Å². The maximum Gasteiger partial charge on any atom is 0.274 e. The van der Waals surface area contributed by atoms with Gasteiger partial charge in [-0.15, -0.1) is 0 Å². The third-order valence-electron chi connectivity index (χ3n) is 5.24. The zero-order valence-electron chi connectivity index (χ0n) is 13.8. The standard InChI is InChI=1S/C17H18N4O4/c1-19-14(22)7-6-13(18-19)17(25)20-8-10(9-20)21-15(23)11-4-2-3-5-12(11)16(21)24/h2-3,6-7,10-12H,4-5,8-9H2,1H3/t11-,12+. The van der Waals surface area contributed by atoms with E-state index in [0.29, 0.717) is 25.9 Å². The number of amides is 3. The molecule has 3 amide bonds. The van der Waals surface area contributed by atoms with Gasteiger partial charge in [-0.1, -0.05) is 12.2 Å². The lowest BCUT2D eigenvalue weighted by Crippen LogP contribution is -2.62. The first-order chi connectivity index (χ1) is 12.0. The Morgan fingerprint density at radius 2 is 1.64 bits per heavy atom. The number of carbonyl (C=O) groups is 3. The molecule has 8 nitrogen and oxygen atoms in total. The summed E-state index contributed by atoms with van der Waals surface area (Å²) in [6.45, 7) is 0.626. The van der Waals surface area contributed by atoms with E-state index in [1.807, 2.05) is 12.2 Å². The number of likely N-dealkylation sites (tertiary alicyclic amines) is 2. The summed E-state index contributed by atoms with van der Waals surface area (Å²) in [7, 11) is 1.48. The van der Waals surface area contributed by atoms with Gasteiger partial charge in [0, 0.05) is 26.2 Å². The summed E-state index contributed by atoms with van der Waals surface area (Å²) in [4.78, 5) is 51.7. The number of aromatic nitrogens is 2. The Labute approximate surface area is 143 Å². The van der Waals surface area contributed by atoms with E-state index in [1.54, 1.807) is 0 Å². The van der Waals surface area contributed by atoms with Crippen molar-refractivity contribution in [1.82, 2.24) is 19.6 Å². The van der Waals surface area contributed by atoms with E-state index in [-0.39, 0.29) is 46.9 Å². The highest BCUT2D eigenvalue weighted by Gasteiger charge is 2.52. The summed E-state index contributed by atoms with van der Waals surface area (Å²) in [6.07, 6.45) is 5.14. The van der Waals surface area contributed by atoms with E-state index < -0.39 is 0 Å². The van der Waals surface area contributed by atoms with Gasteiger partial charge in [-0.05, 0) is 18.9 Å². The molecule has 2 saturated heterocycles. The van der Waals surface area contributed by atoms with Crippen LogP contribution in [0.1, 0.15) is 23.3 Å². The molecule has 0 saturated carbocycles. The number of hydrogen-bond acceptors (Lipinski definition) is 5. The summed E-state index contributed by atoms with van der Waals surface area (Å²) in [5.74, 6) is -1.02. The number of allylic oxidation sites excluding steroid dienone is 2. The first kappa shape index (κ1) is 15.7. The maximum atomic E-state index is 12.5. The van der Waals surface area contributed by atoms with Crippen LogP contribution in [-0.2, 0) is 16.6 Å². The Hall–Kier alpha value is -2.77. The first-order valence-corrected chi connectivity index (χ1v) is 8.33. The molecule has 1 aromatic heterocycles. The molecular weight excluding hydrogens is 324 g/mol. The third kappa shape index (κ3) is 2.40. The van der Waals surface area contributed by atoms with Gasteiger partial charge in [-0.2, -0.15) is 5.10 Å². The zero-order chi connectivity index (χ0) is 17.7. The van der Waals surface area contributed by atoms with Crippen LogP contribution < -0.4 is 5.56 Å². The Bertz CT molecular complexity index is 826. The predicted molar refractivity (Wildman–Crippen MR) is 86.4 cm³/mol. The van der Waals surface area contributed by atoms with E-state index in [4.69, 9.17) is 0 Å². The van der Waals surface area contributed by atoms with Gasteiger partial charge < -0.3 is 4.90 Å². The van der Waals surface area contributed by atoms with Gasteiger partial charge in [0.2, 0.25) is 11.8 Å². The van der Waals surface area contributed by atoms with Crippen LogP contribution in [0, 0.1) is 11.8 Å². The van der Waals surface area contributed by atoms with Crippen molar-refractivity contribution in [2.24, 2.45) is 18.9 Å². The minimum absolute atomic E-state index is 0.114. The highest BCUT2D eigenvalue weighted by Crippen LogP contribution is 2.37. The summed E-state index contributed by atoms with van der Waals surface area (Å²) < 4.78 is 1.11. The minimum Gasteiger partial charge on any atom is -0.333 e. The van der Waals surface area contributed by atoms with E-state index >= 15 is 0 Å². The summed E-state index contributed by atoms with van der Waals surface area (Å²) in [5.41, 5.74) is -0.111. The van der Waals surface area contributed by atoms with Crippen LogP contribution in [0.3, 0.4) is 0 Å². The molecule has 0 spiro atoms. The van der Waals surface area contributed by atoms with Crippen LogP contribution in [0.25, 0.3) is 0 Å². The topological polar surface area (TPSA) is 92.6 Å². The predicted octanol–water partition coefficient (Wildman–Crippen LogP) is -0.444. The van der Waals surface area contributed by atoms with Gasteiger partial charge in [0.05, 0.1) is 17.9 Å². The Kier molecular flexibility index (Phi) is 3.55. The molecule has 2 fully saturated rings. The van der Waals surface area contributed by atoms with E-state index in [0.717, 1.165) is 4.68 Å². The van der Waals surface area contributed by atoms with E-state index in [1.165, 1.54) is 29.0 Å². The first-order valence-electron chi connectivity index (χ1n) is 8.33. The van der Waals surface area contributed by atoms with Crippen molar-refractivity contribution in [3.63, 3.8) is 0 Å². The van der Waals surface area contributed by atoms with Crippen molar-refractivity contribution >= 4 is 17.7 Å². The minimum atomic E-state index is -0.301. The zero-order valence-corrected chi connectivity index (χ0v) is 13.8. The molecule has 0 N–H and O–H groups in total. The highest BCUT2D eigenvalue weighted by atomic mass is 16.2. The van der Waals surface area contributed by atoms with Crippen LogP contribution in [0.5, 0.6) is 0 Å². The third-order valence-corrected chi connectivity index (χ3v) is 5.24. The summed E-state index contributed by atoms with van der Waals surface area (Å²) in [5, 5.41) is 3.94. The fraction of sp³-hybridized carbons (Fsp3) is 0.471. The van der Waals surface area contributed by atoms with Crippen LogP contribution in [-0.4, -0.2) is 56.4 Å². The number of nitrogens with zero attached hydrogens (tertiary/aromatic N) is 4. The molecule has 2 aliphatic heterocycles. The quantitative estimate of drug-likeness (QED) is 0.536. The molecule has 1 aliphatic carbocycles. The van der Waals surface area contributed by atoms with Crippen molar-refractivity contribution < 1.29 is 14.4 Å². The average molecular weight is 342 g/mol. The Morgan fingerprint density at radius 3 is 2.20 bits per heavy atom. The van der Waals surface area contributed by atoms with Gasteiger partial charge in [0.25, 0.3) is 11.5 Å². The fourth-order valence-corrected chi connectivity index (χ4v) is 3.75. The fourth-order valence-electron chi connectivity index (χ4n) is 3.75. The van der Waals surface area contributed by atoms with Gasteiger partial charge in [-0.25, -0.2) is 4.68 Å². The second kappa shape index (κ2) is 5.65. The largest absolute Gasteiger partial charge is 0.333 e. The molecule has 0 aromatic carbocycles. The number of carbonyl (C=O) groups excluding carboxylic acids is 3. The lowest BCUT2D eigenvalue weighted by atomic mass is 9.85. The molecule has 3 aliphatic rings. The second-order valence-electron chi connectivity index (χ2n) is 6.75.